The molecule has 33 heavy (non-hydrogen) atoms. The van der Waals surface area contributed by atoms with Gasteiger partial charge in [-0.3, -0.25) is 9.78 Å². The van der Waals surface area contributed by atoms with Crippen LogP contribution in [0.15, 0.2) is 60.0 Å². The van der Waals surface area contributed by atoms with Crippen LogP contribution in [-0.4, -0.2) is 29.2 Å². The number of hydrogen-bond donors (Lipinski definition) is 1. The molecular formula is C27H32N4O2. The molecule has 0 atom stereocenters. The quantitative estimate of drug-likeness (QED) is 0.416. The maximum absolute atomic E-state index is 12.6. The Morgan fingerprint density at radius 3 is 2.09 bits per heavy atom. The number of hydrazone groups is 1. The predicted octanol–water partition coefficient (Wildman–Crippen LogP) is 5.51. The van der Waals surface area contributed by atoms with E-state index in [9.17, 15) is 4.79 Å². The molecule has 0 saturated carbocycles. The molecule has 172 valence electrons. The summed E-state index contributed by atoms with van der Waals surface area (Å²) in [4.78, 5) is 21.2. The Morgan fingerprint density at radius 1 is 0.939 bits per heavy atom. The van der Waals surface area contributed by atoms with Gasteiger partial charge >= 0.3 is 0 Å². The van der Waals surface area contributed by atoms with E-state index in [1.54, 1.807) is 19.5 Å². The van der Waals surface area contributed by atoms with Gasteiger partial charge in [0, 0.05) is 5.56 Å². The van der Waals surface area contributed by atoms with Gasteiger partial charge in [-0.05, 0) is 63.9 Å². The SMILES string of the molecule is COc1ccc(-c2cncc(C(=O)N/N=C/c3cc(C(C)(C)C)cc(C(C)(C)C)c3)n2)cc1. The molecule has 0 aliphatic rings. The van der Waals surface area contributed by atoms with Crippen LogP contribution in [0.4, 0.5) is 0 Å². The number of nitrogens with zero attached hydrogens (tertiary/aromatic N) is 3. The normalized spacial score (nSPS) is 12.1. The molecule has 1 N–H and O–H groups in total. The van der Waals surface area contributed by atoms with Gasteiger partial charge in [-0.25, -0.2) is 10.4 Å². The highest BCUT2D eigenvalue weighted by Gasteiger charge is 2.20. The van der Waals surface area contributed by atoms with E-state index in [1.165, 1.54) is 17.3 Å². The lowest BCUT2D eigenvalue weighted by Gasteiger charge is -2.25. The van der Waals surface area contributed by atoms with Gasteiger partial charge in [0.15, 0.2) is 0 Å². The summed E-state index contributed by atoms with van der Waals surface area (Å²) in [6.07, 6.45) is 4.72. The summed E-state index contributed by atoms with van der Waals surface area (Å²) in [5, 5.41) is 4.18. The van der Waals surface area contributed by atoms with Crippen LogP contribution in [0.3, 0.4) is 0 Å². The van der Waals surface area contributed by atoms with E-state index in [2.05, 4.69) is 80.2 Å². The monoisotopic (exact) mass is 444 g/mol. The summed E-state index contributed by atoms with van der Waals surface area (Å²) in [6.45, 7) is 13.1. The van der Waals surface area contributed by atoms with Crippen molar-refractivity contribution in [2.24, 2.45) is 5.10 Å². The van der Waals surface area contributed by atoms with Crippen molar-refractivity contribution in [3.63, 3.8) is 0 Å². The number of carbonyl (C=O) groups excluding carboxylic acids is 1. The lowest BCUT2D eigenvalue weighted by molar-refractivity contribution is 0.0950. The van der Waals surface area contributed by atoms with Crippen molar-refractivity contribution in [2.45, 2.75) is 52.4 Å². The molecule has 0 aliphatic carbocycles. The number of nitrogens with one attached hydrogen (secondary N) is 1. The molecule has 0 spiro atoms. The molecule has 1 amide bonds. The van der Waals surface area contributed by atoms with Crippen molar-refractivity contribution >= 4 is 12.1 Å². The maximum atomic E-state index is 12.6. The van der Waals surface area contributed by atoms with Gasteiger partial charge in [0.25, 0.3) is 5.91 Å². The summed E-state index contributed by atoms with van der Waals surface area (Å²) in [6, 6.07) is 13.9. The second kappa shape index (κ2) is 9.53. The maximum Gasteiger partial charge on any atom is 0.291 e. The lowest BCUT2D eigenvalue weighted by atomic mass is 9.80. The minimum Gasteiger partial charge on any atom is -0.497 e. The fourth-order valence-electron chi connectivity index (χ4n) is 3.19. The van der Waals surface area contributed by atoms with Gasteiger partial charge in [0.2, 0.25) is 0 Å². The number of rotatable bonds is 5. The highest BCUT2D eigenvalue weighted by atomic mass is 16.5. The summed E-state index contributed by atoms with van der Waals surface area (Å²) in [7, 11) is 1.61. The molecule has 2 aromatic carbocycles. The summed E-state index contributed by atoms with van der Waals surface area (Å²) in [5.74, 6) is 0.331. The molecule has 1 aromatic heterocycles. The number of amides is 1. The third kappa shape index (κ3) is 6.25. The number of methoxy groups -OCH3 is 1. The summed E-state index contributed by atoms with van der Waals surface area (Å²) < 4.78 is 5.18. The first-order chi connectivity index (χ1) is 15.5. The van der Waals surface area contributed by atoms with Gasteiger partial charge < -0.3 is 4.74 Å². The van der Waals surface area contributed by atoms with Crippen molar-refractivity contribution in [2.75, 3.05) is 7.11 Å². The fraction of sp³-hybridized carbons (Fsp3) is 0.333. The van der Waals surface area contributed by atoms with Crippen LogP contribution >= 0.6 is 0 Å². The number of ether oxygens (including phenoxy) is 1. The van der Waals surface area contributed by atoms with Crippen LogP contribution < -0.4 is 10.2 Å². The van der Waals surface area contributed by atoms with Crippen LogP contribution in [0.1, 0.15) is 68.7 Å². The Morgan fingerprint density at radius 2 is 1.55 bits per heavy atom. The number of aromatic nitrogens is 2. The molecule has 6 nitrogen and oxygen atoms in total. The van der Waals surface area contributed by atoms with Crippen LogP contribution in [-0.2, 0) is 10.8 Å². The summed E-state index contributed by atoms with van der Waals surface area (Å²) >= 11 is 0. The zero-order chi connectivity index (χ0) is 24.2. The molecule has 0 radical (unpaired) electrons. The van der Waals surface area contributed by atoms with Crippen LogP contribution in [0.2, 0.25) is 0 Å². The van der Waals surface area contributed by atoms with E-state index in [0.29, 0.717) is 5.69 Å². The van der Waals surface area contributed by atoms with Crippen molar-refractivity contribution < 1.29 is 9.53 Å². The third-order valence-electron chi connectivity index (χ3n) is 5.32. The number of carbonyl (C=O) groups is 1. The number of benzene rings is 2. The highest BCUT2D eigenvalue weighted by molar-refractivity contribution is 5.93. The average molecular weight is 445 g/mol. The zero-order valence-electron chi connectivity index (χ0n) is 20.4. The molecule has 0 aliphatic heterocycles. The predicted molar refractivity (Wildman–Crippen MR) is 133 cm³/mol. The largest absolute Gasteiger partial charge is 0.497 e. The Labute approximate surface area is 196 Å². The minimum absolute atomic E-state index is 0.00455. The van der Waals surface area contributed by atoms with Crippen molar-refractivity contribution in [1.29, 1.82) is 0 Å². The summed E-state index contributed by atoms with van der Waals surface area (Å²) in [5.41, 5.74) is 7.60. The highest BCUT2D eigenvalue weighted by Crippen LogP contribution is 2.30. The van der Waals surface area contributed by atoms with Gasteiger partial charge in [-0.15, -0.1) is 0 Å². The van der Waals surface area contributed by atoms with E-state index in [0.717, 1.165) is 16.9 Å². The van der Waals surface area contributed by atoms with Crippen molar-refractivity contribution in [1.82, 2.24) is 15.4 Å². The van der Waals surface area contributed by atoms with Crippen LogP contribution in [0.5, 0.6) is 5.75 Å². The second-order valence-electron chi connectivity index (χ2n) is 10.1. The Kier molecular flexibility index (Phi) is 6.96. The van der Waals surface area contributed by atoms with Crippen molar-refractivity contribution in [3.8, 4) is 17.0 Å². The van der Waals surface area contributed by atoms with Gasteiger partial charge in [-0.2, -0.15) is 5.10 Å². The fourth-order valence-corrected chi connectivity index (χ4v) is 3.19. The zero-order valence-corrected chi connectivity index (χ0v) is 20.4. The molecule has 3 aromatic rings. The van der Waals surface area contributed by atoms with Gasteiger partial charge in [0.05, 0.1) is 31.4 Å². The topological polar surface area (TPSA) is 76.5 Å². The Bertz CT molecular complexity index is 1120. The van der Waals surface area contributed by atoms with E-state index in [-0.39, 0.29) is 16.5 Å². The van der Waals surface area contributed by atoms with E-state index >= 15 is 0 Å². The van der Waals surface area contributed by atoms with Gasteiger partial charge in [0.1, 0.15) is 11.4 Å². The average Bonchev–Trinajstić information content (AvgIpc) is 2.78. The molecule has 1 heterocycles. The molecule has 3 rings (SSSR count). The minimum atomic E-state index is -0.419. The molecular weight excluding hydrogens is 412 g/mol. The molecule has 0 bridgehead atoms. The first kappa shape index (κ1) is 24.1. The van der Waals surface area contributed by atoms with Crippen LogP contribution in [0, 0.1) is 0 Å². The van der Waals surface area contributed by atoms with E-state index < -0.39 is 5.91 Å². The standard InChI is InChI=1S/C27H32N4O2/c1-26(2,3)20-12-18(13-21(14-20)27(4,5)6)15-29-31-25(32)24-17-28-16-23(30-24)19-8-10-22(33-7)11-9-19/h8-17H,1-7H3,(H,31,32)/b29-15+. The number of hydrogen-bond acceptors (Lipinski definition) is 5. The Balaban J connectivity index is 1.79. The molecule has 0 unspecified atom stereocenters. The second-order valence-corrected chi connectivity index (χ2v) is 10.1. The molecule has 6 heteroatoms. The lowest BCUT2D eigenvalue weighted by Crippen LogP contribution is -2.20. The smallest absolute Gasteiger partial charge is 0.291 e. The molecule has 0 saturated heterocycles. The Hall–Kier alpha value is -3.54. The first-order valence-electron chi connectivity index (χ1n) is 10.9. The first-order valence-corrected chi connectivity index (χ1v) is 10.9. The van der Waals surface area contributed by atoms with Gasteiger partial charge in [-0.1, -0.05) is 47.6 Å². The third-order valence-corrected chi connectivity index (χ3v) is 5.32. The van der Waals surface area contributed by atoms with Crippen molar-refractivity contribution in [3.05, 3.63) is 77.2 Å². The van der Waals surface area contributed by atoms with E-state index in [1.807, 2.05) is 24.3 Å². The van der Waals surface area contributed by atoms with Crippen LogP contribution in [0.25, 0.3) is 11.3 Å². The van der Waals surface area contributed by atoms with E-state index in [4.69, 9.17) is 4.74 Å². The molecule has 0 fully saturated rings.